The molecule has 214 valence electrons. The third kappa shape index (κ3) is 9.48. The van der Waals surface area contributed by atoms with Gasteiger partial charge < -0.3 is 19.9 Å². The summed E-state index contributed by atoms with van der Waals surface area (Å²) in [5.74, 6) is -1.11. The Balaban J connectivity index is 1.77. The Bertz CT molecular complexity index is 1100. The highest BCUT2D eigenvalue weighted by molar-refractivity contribution is 6.30. The molecule has 0 saturated carbocycles. The Morgan fingerprint density at radius 2 is 1.92 bits per heavy atom. The summed E-state index contributed by atoms with van der Waals surface area (Å²) < 4.78 is 25.2. The number of hydrogen-bond acceptors (Lipinski definition) is 6. The van der Waals surface area contributed by atoms with Crippen molar-refractivity contribution >= 4 is 23.7 Å². The SMILES string of the molecule is CCOC(=O)[C@H](CCN1CC[C@H]1CO)C[C@@H](Cc1ccc(-c2cc(Cl)ccc2F)cc1)NC(=O)OC(C)(C)C. The highest BCUT2D eigenvalue weighted by atomic mass is 35.5. The van der Waals surface area contributed by atoms with Crippen LogP contribution in [0.4, 0.5) is 9.18 Å². The highest BCUT2D eigenvalue weighted by Crippen LogP contribution is 2.27. The summed E-state index contributed by atoms with van der Waals surface area (Å²) in [6, 6.07) is 11.5. The number of aliphatic hydroxyl groups is 1. The molecule has 2 N–H and O–H groups in total. The number of benzene rings is 2. The molecule has 1 heterocycles. The van der Waals surface area contributed by atoms with Gasteiger partial charge in [-0.25, -0.2) is 9.18 Å². The normalized spacial score (nSPS) is 17.2. The van der Waals surface area contributed by atoms with E-state index in [0.29, 0.717) is 42.0 Å². The summed E-state index contributed by atoms with van der Waals surface area (Å²) >= 11 is 6.06. The Morgan fingerprint density at radius 1 is 1.21 bits per heavy atom. The van der Waals surface area contributed by atoms with Crippen LogP contribution < -0.4 is 5.32 Å². The second kappa shape index (κ2) is 14.1. The monoisotopic (exact) mass is 562 g/mol. The van der Waals surface area contributed by atoms with Gasteiger partial charge in [0.25, 0.3) is 0 Å². The molecule has 2 aromatic rings. The van der Waals surface area contributed by atoms with Crippen molar-refractivity contribution in [3.05, 3.63) is 58.9 Å². The van der Waals surface area contributed by atoms with E-state index in [0.717, 1.165) is 18.5 Å². The van der Waals surface area contributed by atoms with Crippen molar-refractivity contribution in [3.8, 4) is 11.1 Å². The quantitative estimate of drug-likeness (QED) is 0.327. The van der Waals surface area contributed by atoms with E-state index in [1.807, 2.05) is 24.3 Å². The average molecular weight is 563 g/mol. The standard InChI is InChI=1S/C30H40ClFN2O5/c1-5-38-28(36)22(12-14-34-15-13-25(34)19-35)17-24(33-29(37)39-30(2,3)4)16-20-6-8-21(9-7-20)26-18-23(31)10-11-27(26)32/h6-11,18,22,24-25,35H,5,12-17,19H2,1-4H3,(H,33,37)/t22-,24-,25+/m1/s1. The molecule has 0 aliphatic carbocycles. The van der Waals surface area contributed by atoms with Crippen LogP contribution in [-0.4, -0.2) is 66.1 Å². The molecule has 3 rings (SSSR count). The van der Waals surface area contributed by atoms with Gasteiger partial charge in [0.1, 0.15) is 11.4 Å². The first-order valence-corrected chi connectivity index (χ1v) is 13.9. The summed E-state index contributed by atoms with van der Waals surface area (Å²) in [6.07, 6.45) is 1.74. The number of aliphatic hydroxyl groups excluding tert-OH is 1. The van der Waals surface area contributed by atoms with Gasteiger partial charge >= 0.3 is 12.1 Å². The maximum absolute atomic E-state index is 14.4. The zero-order valence-corrected chi connectivity index (χ0v) is 24.0. The van der Waals surface area contributed by atoms with Crippen molar-refractivity contribution in [1.29, 1.82) is 0 Å². The number of rotatable bonds is 12. The van der Waals surface area contributed by atoms with Crippen molar-refractivity contribution in [2.75, 3.05) is 26.3 Å². The summed E-state index contributed by atoms with van der Waals surface area (Å²) in [5.41, 5.74) is 1.34. The molecular weight excluding hydrogens is 523 g/mol. The van der Waals surface area contributed by atoms with Crippen molar-refractivity contribution in [3.63, 3.8) is 0 Å². The number of halogens is 2. The number of nitrogens with one attached hydrogen (secondary N) is 1. The zero-order valence-electron chi connectivity index (χ0n) is 23.2. The van der Waals surface area contributed by atoms with Crippen LogP contribution in [0.1, 0.15) is 52.5 Å². The molecule has 7 nitrogen and oxygen atoms in total. The predicted molar refractivity (Wildman–Crippen MR) is 150 cm³/mol. The van der Waals surface area contributed by atoms with Crippen LogP contribution in [0.3, 0.4) is 0 Å². The first kappa shape index (κ1) is 30.9. The summed E-state index contributed by atoms with van der Waals surface area (Å²) in [4.78, 5) is 27.8. The lowest BCUT2D eigenvalue weighted by Gasteiger charge is -2.40. The van der Waals surface area contributed by atoms with E-state index in [1.165, 1.54) is 12.1 Å². The third-order valence-corrected chi connectivity index (χ3v) is 7.06. The number of carbonyl (C=O) groups is 2. The molecule has 1 aliphatic heterocycles. The van der Waals surface area contributed by atoms with Crippen LogP contribution in [0.2, 0.25) is 5.02 Å². The molecular formula is C30H40ClFN2O5. The van der Waals surface area contributed by atoms with E-state index < -0.39 is 23.7 Å². The fraction of sp³-hybridized carbons (Fsp3) is 0.533. The van der Waals surface area contributed by atoms with Gasteiger partial charge in [-0.15, -0.1) is 0 Å². The van der Waals surface area contributed by atoms with Crippen molar-refractivity contribution in [2.45, 2.75) is 71.1 Å². The van der Waals surface area contributed by atoms with Crippen LogP contribution in [0.5, 0.6) is 0 Å². The number of carbonyl (C=O) groups excluding carboxylic acids is 2. The Hall–Kier alpha value is -2.68. The first-order chi connectivity index (χ1) is 18.5. The van der Waals surface area contributed by atoms with Gasteiger partial charge in [0, 0.05) is 29.2 Å². The summed E-state index contributed by atoms with van der Waals surface area (Å²) in [7, 11) is 0. The van der Waals surface area contributed by atoms with Crippen molar-refractivity contribution in [1.82, 2.24) is 10.2 Å². The summed E-state index contributed by atoms with van der Waals surface area (Å²) in [6.45, 7) is 9.07. The molecule has 39 heavy (non-hydrogen) atoms. The van der Waals surface area contributed by atoms with Crippen LogP contribution in [0.25, 0.3) is 11.1 Å². The van der Waals surface area contributed by atoms with E-state index in [2.05, 4.69) is 10.2 Å². The molecule has 0 unspecified atom stereocenters. The Morgan fingerprint density at radius 3 is 2.51 bits per heavy atom. The van der Waals surface area contributed by atoms with Gasteiger partial charge in [0.15, 0.2) is 0 Å². The van der Waals surface area contributed by atoms with Crippen LogP contribution in [0.15, 0.2) is 42.5 Å². The molecule has 1 saturated heterocycles. The fourth-order valence-electron chi connectivity index (χ4n) is 4.74. The van der Waals surface area contributed by atoms with Gasteiger partial charge in [0.2, 0.25) is 0 Å². The van der Waals surface area contributed by atoms with E-state index in [4.69, 9.17) is 21.1 Å². The molecule has 2 aromatic carbocycles. The Kier molecular flexibility index (Phi) is 11.2. The molecule has 9 heteroatoms. The van der Waals surface area contributed by atoms with Gasteiger partial charge in [-0.1, -0.05) is 35.9 Å². The van der Waals surface area contributed by atoms with Gasteiger partial charge in [-0.3, -0.25) is 9.69 Å². The van der Waals surface area contributed by atoms with Crippen LogP contribution in [-0.2, 0) is 20.7 Å². The molecule has 3 atom stereocenters. The number of amides is 1. The fourth-order valence-corrected chi connectivity index (χ4v) is 4.92. The molecule has 1 fully saturated rings. The van der Waals surface area contributed by atoms with Crippen LogP contribution in [0, 0.1) is 11.7 Å². The molecule has 0 radical (unpaired) electrons. The van der Waals surface area contributed by atoms with Gasteiger partial charge in [0.05, 0.1) is 19.1 Å². The third-order valence-electron chi connectivity index (χ3n) is 6.83. The second-order valence-corrected chi connectivity index (χ2v) is 11.4. The van der Waals surface area contributed by atoms with Crippen molar-refractivity contribution < 1.29 is 28.6 Å². The van der Waals surface area contributed by atoms with E-state index in [1.54, 1.807) is 33.8 Å². The molecule has 0 aromatic heterocycles. The maximum Gasteiger partial charge on any atom is 0.407 e. The molecule has 0 spiro atoms. The van der Waals surface area contributed by atoms with Gasteiger partial charge in [-0.05, 0) is 89.2 Å². The number of alkyl carbamates (subject to hydrolysis) is 1. The second-order valence-electron chi connectivity index (χ2n) is 11.0. The summed E-state index contributed by atoms with van der Waals surface area (Å²) in [5, 5.41) is 12.9. The minimum Gasteiger partial charge on any atom is -0.466 e. The largest absolute Gasteiger partial charge is 0.466 e. The van der Waals surface area contributed by atoms with E-state index >= 15 is 0 Å². The number of nitrogens with zero attached hydrogens (tertiary/aromatic N) is 1. The predicted octanol–water partition coefficient (Wildman–Crippen LogP) is 5.61. The van der Waals surface area contributed by atoms with E-state index in [9.17, 15) is 19.1 Å². The Labute approximate surface area is 235 Å². The number of hydrogen-bond donors (Lipinski definition) is 2. The molecule has 1 aliphatic rings. The van der Waals surface area contributed by atoms with Crippen molar-refractivity contribution in [2.24, 2.45) is 5.92 Å². The lowest BCUT2D eigenvalue weighted by Crippen LogP contribution is -2.50. The average Bonchev–Trinajstić information content (AvgIpc) is 2.84. The number of ether oxygens (including phenoxy) is 2. The molecule has 0 bridgehead atoms. The minimum atomic E-state index is -0.672. The zero-order chi connectivity index (χ0) is 28.6. The maximum atomic E-state index is 14.4. The molecule has 1 amide bonds. The lowest BCUT2D eigenvalue weighted by atomic mass is 9.91. The number of likely N-dealkylation sites (tertiary alicyclic amines) is 1. The van der Waals surface area contributed by atoms with Gasteiger partial charge in [-0.2, -0.15) is 0 Å². The van der Waals surface area contributed by atoms with E-state index in [-0.39, 0.29) is 31.0 Å². The minimum absolute atomic E-state index is 0.0992. The first-order valence-electron chi connectivity index (χ1n) is 13.5. The lowest BCUT2D eigenvalue weighted by molar-refractivity contribution is -0.149. The smallest absolute Gasteiger partial charge is 0.407 e. The topological polar surface area (TPSA) is 88.1 Å². The van der Waals surface area contributed by atoms with Crippen LogP contribution >= 0.6 is 11.6 Å². The number of esters is 1. The highest BCUT2D eigenvalue weighted by Gasteiger charge is 2.31.